The van der Waals surface area contributed by atoms with Crippen molar-refractivity contribution in [2.45, 2.75) is 458 Å². The second kappa shape index (κ2) is 65.5. The molecule has 0 aliphatic carbocycles. The van der Waals surface area contributed by atoms with Gasteiger partial charge in [0.05, 0.1) is 38.6 Å². The summed E-state index contributed by atoms with van der Waals surface area (Å²) in [7, 11) is 0. The maximum atomic E-state index is 13.5. The number of nitrogens with one attached hydrogen (secondary N) is 1. The minimum atomic E-state index is -1.98. The summed E-state index contributed by atoms with van der Waals surface area (Å²) < 4.78 is 34.5. The molecule has 3 heterocycles. The normalized spacial score (nSPS) is 26.1. The van der Waals surface area contributed by atoms with E-state index in [1.54, 1.807) is 6.08 Å². The quantitative estimate of drug-likeness (QED) is 0.0199. The van der Waals surface area contributed by atoms with Gasteiger partial charge in [-0.25, -0.2) is 0 Å². The molecule has 3 aliphatic heterocycles. The Labute approximate surface area is 631 Å². The van der Waals surface area contributed by atoms with Crippen LogP contribution in [0.3, 0.4) is 0 Å². The van der Waals surface area contributed by atoms with Crippen molar-refractivity contribution in [2.75, 3.05) is 26.4 Å². The second-order valence-electron chi connectivity index (χ2n) is 30.6. The van der Waals surface area contributed by atoms with Crippen molar-refractivity contribution in [3.05, 3.63) is 48.6 Å². The molecule has 17 atom stereocenters. The Kier molecular flexibility index (Phi) is 60.4. The fraction of sp³-hybridized carbons (Fsp3) is 0.894. The number of hydrogen-bond acceptors (Lipinski definition) is 18. The molecular formula is C85H157NO18. The molecule has 0 bridgehead atoms. The predicted octanol–water partition coefficient (Wildman–Crippen LogP) is 15.2. The topological polar surface area (TPSA) is 307 Å². The minimum Gasteiger partial charge on any atom is -0.394 e. The van der Waals surface area contributed by atoms with Gasteiger partial charge in [0, 0.05) is 6.42 Å². The van der Waals surface area contributed by atoms with E-state index in [0.717, 1.165) is 57.8 Å². The number of allylic oxidation sites excluding steroid dienone is 7. The fourth-order valence-corrected chi connectivity index (χ4v) is 14.5. The van der Waals surface area contributed by atoms with Crippen molar-refractivity contribution in [3.8, 4) is 0 Å². The molecule has 0 radical (unpaired) electrons. The molecule has 3 fully saturated rings. The maximum Gasteiger partial charge on any atom is 0.220 e. The fourth-order valence-electron chi connectivity index (χ4n) is 14.5. The van der Waals surface area contributed by atoms with Gasteiger partial charge in [-0.3, -0.25) is 4.79 Å². The van der Waals surface area contributed by atoms with Crippen LogP contribution in [0.5, 0.6) is 0 Å². The molecule has 3 rings (SSSR count). The standard InChI is InChI=1S/C85H157NO18/c1-3-5-7-9-11-13-15-17-19-21-23-24-25-26-27-28-29-30-31-32-33-34-35-36-37-38-39-40-41-42-43-44-45-47-49-51-53-55-57-59-61-63-73(91)86-68(69(90)62-60-58-56-54-52-50-48-46-22-20-18-16-14-12-10-8-6-4-2)67-99-83-79(97)76(94)81(71(65-88)101-83)104-85-80(98)77(95)82(72(66-89)102-85)103-84-78(96)75(93)74(92)70(64-87)100-84/h15,17,21,23,25-26,60,62,68-72,74-85,87-90,92-98H,3-14,16,18-20,22,24,27-59,61,63-67H2,1-2H3,(H,86,91)/b17-15-,23-21-,26-25-,62-60+. The molecule has 3 aliphatic rings. The van der Waals surface area contributed by atoms with Crippen LogP contribution in [0.4, 0.5) is 0 Å². The Hall–Kier alpha value is -2.25. The molecule has 12 N–H and O–H groups in total. The summed E-state index contributed by atoms with van der Waals surface area (Å²) in [5.74, 6) is -0.269. The first-order chi connectivity index (χ1) is 50.8. The predicted molar refractivity (Wildman–Crippen MR) is 416 cm³/mol. The second-order valence-corrected chi connectivity index (χ2v) is 30.6. The van der Waals surface area contributed by atoms with Crippen molar-refractivity contribution < 1.29 is 89.4 Å². The van der Waals surface area contributed by atoms with Crippen LogP contribution in [0.2, 0.25) is 0 Å². The Morgan fingerprint density at radius 2 is 0.635 bits per heavy atom. The molecule has 0 aromatic carbocycles. The van der Waals surface area contributed by atoms with E-state index >= 15 is 0 Å². The summed E-state index contributed by atoms with van der Waals surface area (Å²) >= 11 is 0. The first-order valence-corrected chi connectivity index (χ1v) is 42.9. The van der Waals surface area contributed by atoms with E-state index in [2.05, 4.69) is 55.6 Å². The van der Waals surface area contributed by atoms with E-state index in [-0.39, 0.29) is 18.9 Å². The Balaban J connectivity index is 1.28. The smallest absolute Gasteiger partial charge is 0.220 e. The third-order valence-electron chi connectivity index (χ3n) is 21.4. The van der Waals surface area contributed by atoms with Gasteiger partial charge >= 0.3 is 0 Å². The molecule has 0 aromatic heterocycles. The van der Waals surface area contributed by atoms with Gasteiger partial charge in [0.25, 0.3) is 0 Å². The molecular weight excluding hydrogens is 1320 g/mol. The lowest BCUT2D eigenvalue weighted by Gasteiger charge is -2.48. The van der Waals surface area contributed by atoms with Gasteiger partial charge in [-0.05, 0) is 57.8 Å². The highest BCUT2D eigenvalue weighted by Crippen LogP contribution is 2.33. The highest BCUT2D eigenvalue weighted by atomic mass is 16.8. The largest absolute Gasteiger partial charge is 0.394 e. The van der Waals surface area contributed by atoms with E-state index in [1.165, 1.54) is 270 Å². The zero-order valence-electron chi connectivity index (χ0n) is 65.5. The van der Waals surface area contributed by atoms with Crippen molar-refractivity contribution in [1.82, 2.24) is 5.32 Å². The molecule has 0 aromatic rings. The number of aliphatic hydroxyl groups excluding tert-OH is 11. The van der Waals surface area contributed by atoms with Gasteiger partial charge in [-0.15, -0.1) is 0 Å². The van der Waals surface area contributed by atoms with Crippen molar-refractivity contribution >= 4 is 5.91 Å². The number of carbonyl (C=O) groups is 1. The first kappa shape index (κ1) is 96.0. The zero-order valence-corrected chi connectivity index (χ0v) is 65.5. The van der Waals surface area contributed by atoms with Gasteiger partial charge < -0.3 is 89.9 Å². The lowest BCUT2D eigenvalue weighted by Crippen LogP contribution is -2.66. The molecule has 0 saturated carbocycles. The van der Waals surface area contributed by atoms with Crippen LogP contribution in [-0.4, -0.2) is 193 Å². The number of unbranched alkanes of at least 4 members (excludes halogenated alkanes) is 47. The van der Waals surface area contributed by atoms with Crippen LogP contribution in [0.1, 0.15) is 354 Å². The van der Waals surface area contributed by atoms with Crippen LogP contribution in [0.15, 0.2) is 48.6 Å². The van der Waals surface area contributed by atoms with Crippen LogP contribution in [0, 0.1) is 0 Å². The minimum absolute atomic E-state index is 0.247. The third kappa shape index (κ3) is 44.6. The number of rotatable bonds is 69. The van der Waals surface area contributed by atoms with Crippen LogP contribution < -0.4 is 5.32 Å². The van der Waals surface area contributed by atoms with Gasteiger partial charge in [0.15, 0.2) is 18.9 Å². The molecule has 19 nitrogen and oxygen atoms in total. The van der Waals surface area contributed by atoms with E-state index in [1.807, 2.05) is 6.08 Å². The van der Waals surface area contributed by atoms with Crippen molar-refractivity contribution in [1.29, 1.82) is 0 Å². The van der Waals surface area contributed by atoms with Crippen LogP contribution >= 0.6 is 0 Å². The van der Waals surface area contributed by atoms with Gasteiger partial charge in [-0.1, -0.05) is 339 Å². The number of amides is 1. The van der Waals surface area contributed by atoms with Gasteiger partial charge in [0.2, 0.25) is 5.91 Å². The Bertz CT molecular complexity index is 2060. The number of aliphatic hydroxyl groups is 11. The Morgan fingerprint density at radius 1 is 0.346 bits per heavy atom. The van der Waals surface area contributed by atoms with E-state index in [4.69, 9.17) is 28.4 Å². The third-order valence-corrected chi connectivity index (χ3v) is 21.4. The lowest BCUT2D eigenvalue weighted by molar-refractivity contribution is -0.379. The summed E-state index contributed by atoms with van der Waals surface area (Å²) in [5.41, 5.74) is 0. The maximum absolute atomic E-state index is 13.5. The molecule has 0 spiro atoms. The van der Waals surface area contributed by atoms with E-state index in [9.17, 15) is 61.0 Å². The van der Waals surface area contributed by atoms with Crippen LogP contribution in [-0.2, 0) is 33.2 Å². The summed E-state index contributed by atoms with van der Waals surface area (Å²) in [6, 6.07) is -0.972. The van der Waals surface area contributed by atoms with Crippen LogP contribution in [0.25, 0.3) is 0 Å². The van der Waals surface area contributed by atoms with Gasteiger partial charge in [-0.2, -0.15) is 0 Å². The summed E-state index contributed by atoms with van der Waals surface area (Å²) in [4.78, 5) is 13.5. The molecule has 610 valence electrons. The van der Waals surface area contributed by atoms with E-state index in [0.29, 0.717) is 6.42 Å². The van der Waals surface area contributed by atoms with Gasteiger partial charge in [0.1, 0.15) is 73.2 Å². The van der Waals surface area contributed by atoms with Crippen molar-refractivity contribution in [2.24, 2.45) is 0 Å². The summed E-state index contributed by atoms with van der Waals surface area (Å²) in [5, 5.41) is 121. The highest BCUT2D eigenvalue weighted by molar-refractivity contribution is 5.76. The summed E-state index contributed by atoms with van der Waals surface area (Å²) in [6.45, 7) is 1.77. The molecule has 3 saturated heterocycles. The van der Waals surface area contributed by atoms with E-state index < -0.39 is 124 Å². The lowest BCUT2D eigenvalue weighted by atomic mass is 9.96. The average molecular weight is 1480 g/mol. The zero-order chi connectivity index (χ0) is 75.3. The molecule has 19 heteroatoms. The number of hydrogen-bond donors (Lipinski definition) is 12. The average Bonchev–Trinajstić information content (AvgIpc) is 0.783. The monoisotopic (exact) mass is 1480 g/mol. The number of ether oxygens (including phenoxy) is 6. The SMILES string of the molecule is CCCCCCC/C=C\C/C=C\C/C=C\CCCCCCCCCCCCCCCCCCCCCCCCCCCCC(=O)NC(COC1OC(CO)C(OC2OC(CO)C(OC3OC(CO)C(O)C(O)C3O)C(O)C2O)C(O)C1O)C(O)/C=C/CCCCCCCCCCCCCCCCCC. The number of carbonyl (C=O) groups excluding carboxylic acids is 1. The molecule has 104 heavy (non-hydrogen) atoms. The Morgan fingerprint density at radius 3 is 0.990 bits per heavy atom. The molecule has 1 amide bonds. The summed E-state index contributed by atoms with van der Waals surface area (Å²) in [6.07, 6.45) is 57.0. The first-order valence-electron chi connectivity index (χ1n) is 42.9. The van der Waals surface area contributed by atoms with Crippen molar-refractivity contribution in [3.63, 3.8) is 0 Å². The molecule has 17 unspecified atom stereocenters. The highest BCUT2D eigenvalue weighted by Gasteiger charge is 2.54.